The molecule has 4 rings (SSSR count). The summed E-state index contributed by atoms with van der Waals surface area (Å²) >= 11 is 0. The van der Waals surface area contributed by atoms with E-state index in [1.54, 1.807) is 42.8 Å². The van der Waals surface area contributed by atoms with Crippen LogP contribution in [0.3, 0.4) is 0 Å². The van der Waals surface area contributed by atoms with Gasteiger partial charge in [-0.3, -0.25) is 9.59 Å². The highest BCUT2D eigenvalue weighted by atomic mass is 19.1. The summed E-state index contributed by atoms with van der Waals surface area (Å²) in [6.45, 7) is 6.20. The first-order chi connectivity index (χ1) is 15.3. The van der Waals surface area contributed by atoms with Crippen LogP contribution in [0.4, 0.5) is 10.1 Å². The number of aromatic nitrogens is 1. The van der Waals surface area contributed by atoms with Gasteiger partial charge in [-0.25, -0.2) is 4.39 Å². The Kier molecular flexibility index (Phi) is 6.15. The second kappa shape index (κ2) is 8.87. The number of benzene rings is 2. The molecule has 0 saturated carbocycles. The van der Waals surface area contributed by atoms with E-state index in [0.717, 1.165) is 42.4 Å². The van der Waals surface area contributed by atoms with Crippen LogP contribution in [0, 0.1) is 12.7 Å². The number of piperidine rings is 1. The summed E-state index contributed by atoms with van der Waals surface area (Å²) in [6.07, 6.45) is 1.98. The van der Waals surface area contributed by atoms with Gasteiger partial charge < -0.3 is 14.4 Å². The van der Waals surface area contributed by atoms with Crippen LogP contribution in [-0.4, -0.2) is 42.6 Å². The summed E-state index contributed by atoms with van der Waals surface area (Å²) in [5, 5.41) is 0.954. The summed E-state index contributed by atoms with van der Waals surface area (Å²) in [6, 6.07) is 12.1. The minimum atomic E-state index is -0.336. The monoisotopic (exact) mass is 435 g/mol. The maximum atomic E-state index is 14.0. The predicted octanol–water partition coefficient (Wildman–Crippen LogP) is 4.55. The van der Waals surface area contributed by atoms with Gasteiger partial charge >= 0.3 is 0 Å². The molecule has 0 aliphatic carbocycles. The number of pyridine rings is 1. The topological polar surface area (TPSA) is 45.6 Å². The number of halogens is 1. The molecule has 5 nitrogen and oxygen atoms in total. The number of carbonyl (C=O) groups excluding carboxylic acids is 1. The van der Waals surface area contributed by atoms with Gasteiger partial charge in [0.15, 0.2) is 0 Å². The van der Waals surface area contributed by atoms with Crippen molar-refractivity contribution >= 4 is 22.5 Å². The lowest BCUT2D eigenvalue weighted by molar-refractivity contribution is 0.0993. The Morgan fingerprint density at radius 2 is 1.84 bits per heavy atom. The van der Waals surface area contributed by atoms with Crippen molar-refractivity contribution in [3.8, 4) is 0 Å². The lowest BCUT2D eigenvalue weighted by Gasteiger charge is -2.30. The molecule has 6 heteroatoms. The summed E-state index contributed by atoms with van der Waals surface area (Å²) in [5.41, 5.74) is 3.46. The van der Waals surface area contributed by atoms with E-state index >= 15 is 0 Å². The predicted molar refractivity (Wildman–Crippen MR) is 127 cm³/mol. The first kappa shape index (κ1) is 22.2. The van der Waals surface area contributed by atoms with Gasteiger partial charge in [0.2, 0.25) is 0 Å². The van der Waals surface area contributed by atoms with E-state index in [1.165, 1.54) is 11.0 Å². The van der Waals surface area contributed by atoms with Crippen molar-refractivity contribution in [2.45, 2.75) is 39.2 Å². The second-order valence-corrected chi connectivity index (χ2v) is 8.79. The van der Waals surface area contributed by atoms with Crippen LogP contribution in [0.15, 0.2) is 47.3 Å². The Morgan fingerprint density at radius 1 is 1.12 bits per heavy atom. The number of aryl methyl sites for hydroxylation is 2. The molecule has 0 bridgehead atoms. The summed E-state index contributed by atoms with van der Waals surface area (Å²) < 4.78 is 15.8. The van der Waals surface area contributed by atoms with Crippen molar-refractivity contribution in [2.75, 3.05) is 32.1 Å². The highest BCUT2D eigenvalue weighted by molar-refractivity contribution is 6.07. The summed E-state index contributed by atoms with van der Waals surface area (Å²) in [7, 11) is 3.77. The molecule has 0 atom stereocenters. The molecule has 3 aromatic rings. The molecule has 2 aromatic carbocycles. The standard InChI is InChI=1S/C26H30FN3O2/c1-5-30-24-9-7-19(26(32)29(4)20-8-6-17(2)23(27)15-20)14-22(24)21(16-25(30)31)18-10-12-28(3)13-11-18/h6-9,14-16,18H,5,10-13H2,1-4H3. The van der Waals surface area contributed by atoms with Gasteiger partial charge in [0, 0.05) is 36.3 Å². The smallest absolute Gasteiger partial charge is 0.258 e. The van der Waals surface area contributed by atoms with Crippen LogP contribution in [0.25, 0.3) is 10.9 Å². The summed E-state index contributed by atoms with van der Waals surface area (Å²) in [4.78, 5) is 29.8. The third-order valence-electron chi connectivity index (χ3n) is 6.71. The van der Waals surface area contributed by atoms with Gasteiger partial charge in [0.25, 0.3) is 11.5 Å². The van der Waals surface area contributed by atoms with E-state index in [2.05, 4.69) is 11.9 Å². The zero-order valence-electron chi connectivity index (χ0n) is 19.2. The van der Waals surface area contributed by atoms with Gasteiger partial charge in [-0.15, -0.1) is 0 Å². The maximum absolute atomic E-state index is 14.0. The van der Waals surface area contributed by atoms with Crippen molar-refractivity contribution in [1.29, 1.82) is 0 Å². The maximum Gasteiger partial charge on any atom is 0.258 e. The molecular formula is C26H30FN3O2. The van der Waals surface area contributed by atoms with Crippen molar-refractivity contribution < 1.29 is 9.18 Å². The first-order valence-corrected chi connectivity index (χ1v) is 11.2. The molecular weight excluding hydrogens is 405 g/mol. The molecule has 0 spiro atoms. The van der Waals surface area contributed by atoms with E-state index in [-0.39, 0.29) is 17.3 Å². The van der Waals surface area contributed by atoms with E-state index in [0.29, 0.717) is 29.3 Å². The molecule has 32 heavy (non-hydrogen) atoms. The highest BCUT2D eigenvalue weighted by Gasteiger charge is 2.23. The molecule has 1 amide bonds. The fraction of sp³-hybridized carbons (Fsp3) is 0.385. The van der Waals surface area contributed by atoms with Crippen LogP contribution in [0.5, 0.6) is 0 Å². The zero-order chi connectivity index (χ0) is 23.0. The minimum Gasteiger partial charge on any atom is -0.311 e. The quantitative estimate of drug-likeness (QED) is 0.604. The minimum absolute atomic E-state index is 0.000234. The van der Waals surface area contributed by atoms with Gasteiger partial charge in [0.1, 0.15) is 5.82 Å². The van der Waals surface area contributed by atoms with Gasteiger partial charge in [-0.05, 0) is 94.2 Å². The van der Waals surface area contributed by atoms with Crippen molar-refractivity contribution in [2.24, 2.45) is 0 Å². The molecule has 1 aliphatic heterocycles. The Labute approximate surface area is 188 Å². The molecule has 1 saturated heterocycles. The van der Waals surface area contributed by atoms with Crippen molar-refractivity contribution in [3.63, 3.8) is 0 Å². The van der Waals surface area contributed by atoms with Crippen LogP contribution in [-0.2, 0) is 6.54 Å². The molecule has 168 valence electrons. The van der Waals surface area contributed by atoms with E-state index < -0.39 is 0 Å². The number of likely N-dealkylation sites (tertiary alicyclic amines) is 1. The van der Waals surface area contributed by atoms with Gasteiger partial charge in [-0.1, -0.05) is 6.07 Å². The summed E-state index contributed by atoms with van der Waals surface area (Å²) in [5.74, 6) is -0.252. The Morgan fingerprint density at radius 3 is 2.50 bits per heavy atom. The highest BCUT2D eigenvalue weighted by Crippen LogP contribution is 2.33. The van der Waals surface area contributed by atoms with Gasteiger partial charge in [-0.2, -0.15) is 0 Å². The number of amides is 1. The molecule has 0 radical (unpaired) electrons. The molecule has 0 unspecified atom stereocenters. The normalized spacial score (nSPS) is 15.3. The molecule has 1 aliphatic rings. The Hall–Kier alpha value is -2.99. The average Bonchev–Trinajstić information content (AvgIpc) is 2.79. The number of rotatable bonds is 4. The van der Waals surface area contributed by atoms with Crippen LogP contribution < -0.4 is 10.5 Å². The molecule has 2 heterocycles. The van der Waals surface area contributed by atoms with Crippen molar-refractivity contribution in [1.82, 2.24) is 9.47 Å². The van der Waals surface area contributed by atoms with E-state index in [4.69, 9.17) is 0 Å². The molecule has 1 aromatic heterocycles. The van der Waals surface area contributed by atoms with Crippen LogP contribution in [0.2, 0.25) is 0 Å². The number of hydrogen-bond donors (Lipinski definition) is 0. The third kappa shape index (κ3) is 4.07. The SMILES string of the molecule is CCn1c(=O)cc(C2CCN(C)CC2)c2cc(C(=O)N(C)c3ccc(C)c(F)c3)ccc21. The lowest BCUT2D eigenvalue weighted by Crippen LogP contribution is -2.30. The van der Waals surface area contributed by atoms with Crippen LogP contribution >= 0.6 is 0 Å². The molecule has 1 fully saturated rings. The Bertz CT molecular complexity index is 1230. The number of fused-ring (bicyclic) bond motifs is 1. The number of carbonyl (C=O) groups is 1. The zero-order valence-corrected chi connectivity index (χ0v) is 19.2. The molecule has 0 N–H and O–H groups in total. The van der Waals surface area contributed by atoms with E-state index in [9.17, 15) is 14.0 Å². The average molecular weight is 436 g/mol. The Balaban J connectivity index is 1.78. The largest absolute Gasteiger partial charge is 0.311 e. The fourth-order valence-corrected chi connectivity index (χ4v) is 4.63. The fourth-order valence-electron chi connectivity index (χ4n) is 4.63. The lowest BCUT2D eigenvalue weighted by atomic mass is 9.87. The second-order valence-electron chi connectivity index (χ2n) is 8.79. The van der Waals surface area contributed by atoms with Gasteiger partial charge in [0.05, 0.1) is 5.52 Å². The van der Waals surface area contributed by atoms with E-state index in [1.807, 2.05) is 19.1 Å². The van der Waals surface area contributed by atoms with Crippen molar-refractivity contribution in [3.05, 3.63) is 75.3 Å². The first-order valence-electron chi connectivity index (χ1n) is 11.2. The number of hydrogen-bond acceptors (Lipinski definition) is 3. The third-order valence-corrected chi connectivity index (χ3v) is 6.71. The van der Waals surface area contributed by atoms with Crippen LogP contribution in [0.1, 0.15) is 47.2 Å². The number of anilines is 1. The number of nitrogens with zero attached hydrogens (tertiary/aromatic N) is 3.